The number of ketones is 1. The lowest BCUT2D eigenvalue weighted by Gasteiger charge is -2.37. The maximum atomic E-state index is 14.3. The fourth-order valence-corrected chi connectivity index (χ4v) is 3.36. The van der Waals surface area contributed by atoms with E-state index >= 15 is 0 Å². The molecule has 138 valence electrons. The second-order valence-corrected chi connectivity index (χ2v) is 6.78. The summed E-state index contributed by atoms with van der Waals surface area (Å²) in [5, 5.41) is 0. The summed E-state index contributed by atoms with van der Waals surface area (Å²) in [5.74, 6) is -0.165. The zero-order valence-electron chi connectivity index (χ0n) is 15.6. The third kappa shape index (κ3) is 4.80. The van der Waals surface area contributed by atoms with Crippen molar-refractivity contribution in [1.29, 1.82) is 0 Å². The summed E-state index contributed by atoms with van der Waals surface area (Å²) < 4.78 is 14.3. The Morgan fingerprint density at radius 1 is 1.16 bits per heavy atom. The summed E-state index contributed by atoms with van der Waals surface area (Å²) in [7, 11) is 0. The number of amides is 1. The first kappa shape index (κ1) is 19.4. The van der Waals surface area contributed by atoms with Crippen LogP contribution in [0.25, 0.3) is 0 Å². The van der Waals surface area contributed by atoms with Crippen molar-refractivity contribution in [1.82, 2.24) is 4.90 Å². The molecular formula is C20H29FN2O2. The van der Waals surface area contributed by atoms with Gasteiger partial charge in [-0.05, 0) is 38.0 Å². The van der Waals surface area contributed by atoms with Crippen LogP contribution in [-0.2, 0) is 4.79 Å². The minimum atomic E-state index is -0.373. The largest absolute Gasteiger partial charge is 0.366 e. The highest BCUT2D eigenvalue weighted by atomic mass is 19.1. The summed E-state index contributed by atoms with van der Waals surface area (Å²) in [6.45, 7) is 8.12. The average Bonchev–Trinajstić information content (AvgIpc) is 2.62. The van der Waals surface area contributed by atoms with Gasteiger partial charge in [-0.3, -0.25) is 9.59 Å². The van der Waals surface area contributed by atoms with Crippen LogP contribution in [0.15, 0.2) is 18.2 Å². The third-order valence-electron chi connectivity index (χ3n) is 5.03. The molecule has 1 heterocycles. The van der Waals surface area contributed by atoms with E-state index in [2.05, 4.69) is 13.8 Å². The van der Waals surface area contributed by atoms with Crippen LogP contribution in [0, 0.1) is 11.7 Å². The molecule has 0 bridgehead atoms. The van der Waals surface area contributed by atoms with Crippen LogP contribution in [0.2, 0.25) is 0 Å². The Kier molecular flexibility index (Phi) is 6.97. The lowest BCUT2D eigenvalue weighted by Crippen LogP contribution is -2.50. The summed E-state index contributed by atoms with van der Waals surface area (Å²) >= 11 is 0. The van der Waals surface area contributed by atoms with E-state index in [9.17, 15) is 14.0 Å². The molecular weight excluding hydrogens is 319 g/mol. The van der Waals surface area contributed by atoms with E-state index in [1.54, 1.807) is 12.1 Å². The molecule has 0 aromatic heterocycles. The van der Waals surface area contributed by atoms with Gasteiger partial charge >= 0.3 is 0 Å². The van der Waals surface area contributed by atoms with Gasteiger partial charge in [0.15, 0.2) is 5.78 Å². The van der Waals surface area contributed by atoms with E-state index in [1.807, 2.05) is 9.80 Å². The zero-order valence-corrected chi connectivity index (χ0v) is 15.6. The smallest absolute Gasteiger partial charge is 0.225 e. The van der Waals surface area contributed by atoms with Crippen molar-refractivity contribution in [2.75, 3.05) is 31.1 Å². The van der Waals surface area contributed by atoms with Crippen molar-refractivity contribution in [3.63, 3.8) is 0 Å². The number of Topliss-reactive ketones (excluding diaryl/α,β-unsaturated/α-hetero) is 1. The van der Waals surface area contributed by atoms with Gasteiger partial charge in [0.05, 0.1) is 5.69 Å². The molecule has 0 aliphatic carbocycles. The number of halogens is 1. The first-order valence-corrected chi connectivity index (χ1v) is 9.32. The number of anilines is 1. The third-order valence-corrected chi connectivity index (χ3v) is 5.03. The summed E-state index contributed by atoms with van der Waals surface area (Å²) in [6.07, 6.45) is 4.01. The average molecular weight is 348 g/mol. The van der Waals surface area contributed by atoms with Gasteiger partial charge in [-0.2, -0.15) is 0 Å². The van der Waals surface area contributed by atoms with E-state index in [1.165, 1.54) is 13.0 Å². The standard InChI is InChI=1S/C20H29FN2O2/c1-4-6-7-16(5-2)20(25)23-12-10-22(11-13-23)19-9-8-17(15(3)24)14-18(19)21/h8-9,14,16H,4-7,10-13H2,1-3H3. The van der Waals surface area contributed by atoms with Gasteiger partial charge in [-0.25, -0.2) is 4.39 Å². The molecule has 4 nitrogen and oxygen atoms in total. The number of benzene rings is 1. The first-order valence-electron chi connectivity index (χ1n) is 9.32. The molecule has 1 aliphatic heterocycles. The topological polar surface area (TPSA) is 40.6 Å². The van der Waals surface area contributed by atoms with Crippen molar-refractivity contribution in [3.05, 3.63) is 29.6 Å². The molecule has 1 fully saturated rings. The Morgan fingerprint density at radius 2 is 1.84 bits per heavy atom. The highest BCUT2D eigenvalue weighted by Crippen LogP contribution is 2.23. The molecule has 0 spiro atoms. The monoisotopic (exact) mass is 348 g/mol. The lowest BCUT2D eigenvalue weighted by atomic mass is 9.97. The van der Waals surface area contributed by atoms with Crippen LogP contribution in [0.3, 0.4) is 0 Å². The minimum Gasteiger partial charge on any atom is -0.366 e. The molecule has 1 aliphatic rings. The number of carbonyl (C=O) groups excluding carboxylic acids is 2. The molecule has 0 radical (unpaired) electrons. The second-order valence-electron chi connectivity index (χ2n) is 6.78. The van der Waals surface area contributed by atoms with Gasteiger partial charge in [0.2, 0.25) is 5.91 Å². The second kappa shape index (κ2) is 8.97. The van der Waals surface area contributed by atoms with Crippen molar-refractivity contribution in [2.24, 2.45) is 5.92 Å². The highest BCUT2D eigenvalue weighted by molar-refractivity contribution is 5.94. The zero-order chi connectivity index (χ0) is 18.4. The van der Waals surface area contributed by atoms with Gasteiger partial charge in [0.1, 0.15) is 5.82 Å². The number of nitrogens with zero attached hydrogens (tertiary/aromatic N) is 2. The van der Waals surface area contributed by atoms with Crippen LogP contribution in [0.5, 0.6) is 0 Å². The van der Waals surface area contributed by atoms with Crippen molar-refractivity contribution in [3.8, 4) is 0 Å². The van der Waals surface area contributed by atoms with E-state index in [-0.39, 0.29) is 23.4 Å². The van der Waals surface area contributed by atoms with E-state index in [4.69, 9.17) is 0 Å². The lowest BCUT2D eigenvalue weighted by molar-refractivity contribution is -0.136. The van der Waals surface area contributed by atoms with Crippen molar-refractivity contribution >= 4 is 17.4 Å². The number of carbonyl (C=O) groups is 2. The summed E-state index contributed by atoms with van der Waals surface area (Å²) in [4.78, 5) is 27.9. The molecule has 1 atom stereocenters. The number of hydrogen-bond acceptors (Lipinski definition) is 3. The van der Waals surface area contributed by atoms with E-state index in [0.29, 0.717) is 37.4 Å². The van der Waals surface area contributed by atoms with Crippen molar-refractivity contribution in [2.45, 2.75) is 46.5 Å². The molecule has 2 rings (SSSR count). The normalized spacial score (nSPS) is 16.0. The molecule has 1 unspecified atom stereocenters. The molecule has 1 saturated heterocycles. The molecule has 25 heavy (non-hydrogen) atoms. The fraction of sp³-hybridized carbons (Fsp3) is 0.600. The Balaban J connectivity index is 1.97. The van der Waals surface area contributed by atoms with Gasteiger partial charge in [0, 0.05) is 37.7 Å². The number of unbranched alkanes of at least 4 members (excludes halogenated alkanes) is 1. The summed E-state index contributed by atoms with van der Waals surface area (Å²) in [5.41, 5.74) is 0.895. The number of rotatable bonds is 7. The van der Waals surface area contributed by atoms with Crippen LogP contribution < -0.4 is 4.90 Å². The molecule has 1 amide bonds. The maximum Gasteiger partial charge on any atom is 0.225 e. The van der Waals surface area contributed by atoms with E-state index < -0.39 is 0 Å². The van der Waals surface area contributed by atoms with Crippen LogP contribution in [-0.4, -0.2) is 42.8 Å². The van der Waals surface area contributed by atoms with Crippen LogP contribution in [0.4, 0.5) is 10.1 Å². The Labute approximate surface area is 150 Å². The molecule has 5 heteroatoms. The Hall–Kier alpha value is -1.91. The maximum absolute atomic E-state index is 14.3. The van der Waals surface area contributed by atoms with Gasteiger partial charge in [0.25, 0.3) is 0 Å². The Bertz CT molecular complexity index is 610. The number of piperazine rings is 1. The quantitative estimate of drug-likeness (QED) is 0.702. The van der Waals surface area contributed by atoms with Crippen molar-refractivity contribution < 1.29 is 14.0 Å². The highest BCUT2D eigenvalue weighted by Gasteiger charge is 2.27. The van der Waals surface area contributed by atoms with Gasteiger partial charge < -0.3 is 9.80 Å². The molecule has 1 aromatic carbocycles. The van der Waals surface area contributed by atoms with Crippen LogP contribution >= 0.6 is 0 Å². The summed E-state index contributed by atoms with van der Waals surface area (Å²) in [6, 6.07) is 4.63. The van der Waals surface area contributed by atoms with Gasteiger partial charge in [-0.1, -0.05) is 26.7 Å². The number of hydrogen-bond donors (Lipinski definition) is 0. The predicted octanol–water partition coefficient (Wildman–Crippen LogP) is 3.89. The SMILES string of the molecule is CCCCC(CC)C(=O)N1CCN(c2ccc(C(C)=O)cc2F)CC1. The van der Waals surface area contributed by atoms with Crippen LogP contribution in [0.1, 0.15) is 56.8 Å². The fourth-order valence-electron chi connectivity index (χ4n) is 3.36. The van der Waals surface area contributed by atoms with E-state index in [0.717, 1.165) is 25.7 Å². The first-order chi connectivity index (χ1) is 12.0. The molecule has 0 N–H and O–H groups in total. The Morgan fingerprint density at radius 3 is 2.36 bits per heavy atom. The molecule has 1 aromatic rings. The molecule has 0 saturated carbocycles. The predicted molar refractivity (Wildman–Crippen MR) is 98.5 cm³/mol. The minimum absolute atomic E-state index is 0.109. The van der Waals surface area contributed by atoms with Gasteiger partial charge in [-0.15, -0.1) is 0 Å².